The fraction of sp³-hybridized carbons (Fsp3) is 0.600. The van der Waals surface area contributed by atoms with Gasteiger partial charge in [-0.3, -0.25) is 9.80 Å². The van der Waals surface area contributed by atoms with E-state index in [0.29, 0.717) is 17.1 Å². The van der Waals surface area contributed by atoms with Crippen LogP contribution in [0.2, 0.25) is 0 Å². The summed E-state index contributed by atoms with van der Waals surface area (Å²) in [6, 6.07) is 5.95. The number of nitrogens with two attached hydrogens (primary N) is 1. The van der Waals surface area contributed by atoms with Gasteiger partial charge in [0.05, 0.1) is 4.47 Å². The van der Waals surface area contributed by atoms with Gasteiger partial charge in [-0.2, -0.15) is 0 Å². The molecular formula is C15H23BrFN3. The van der Waals surface area contributed by atoms with Gasteiger partial charge in [-0.25, -0.2) is 4.39 Å². The summed E-state index contributed by atoms with van der Waals surface area (Å²) in [5.41, 5.74) is 7.04. The minimum atomic E-state index is -0.228. The predicted molar refractivity (Wildman–Crippen MR) is 84.2 cm³/mol. The first-order valence-corrected chi connectivity index (χ1v) is 7.95. The van der Waals surface area contributed by atoms with Crippen LogP contribution < -0.4 is 5.73 Å². The third-order valence-corrected chi connectivity index (χ3v) is 4.68. The fourth-order valence-corrected chi connectivity index (χ4v) is 3.18. The molecule has 1 aliphatic heterocycles. The van der Waals surface area contributed by atoms with E-state index in [2.05, 4.69) is 39.6 Å². The normalized spacial score (nSPS) is 19.5. The summed E-state index contributed by atoms with van der Waals surface area (Å²) in [5.74, 6) is -0.228. The topological polar surface area (TPSA) is 32.5 Å². The second-order valence-corrected chi connectivity index (χ2v) is 6.45. The first kappa shape index (κ1) is 15.9. The summed E-state index contributed by atoms with van der Waals surface area (Å²) in [4.78, 5) is 4.88. The van der Waals surface area contributed by atoms with Crippen molar-refractivity contribution in [2.75, 3.05) is 32.7 Å². The molecule has 2 N–H and O–H groups in total. The van der Waals surface area contributed by atoms with E-state index in [1.807, 2.05) is 12.1 Å². The number of nitrogens with zero attached hydrogens (tertiary/aromatic N) is 2. The summed E-state index contributed by atoms with van der Waals surface area (Å²) in [7, 11) is 0. The summed E-state index contributed by atoms with van der Waals surface area (Å²) in [6.07, 6.45) is 0. The van der Waals surface area contributed by atoms with Crippen LogP contribution in [0.5, 0.6) is 0 Å². The molecule has 1 saturated heterocycles. The first-order valence-electron chi connectivity index (χ1n) is 7.16. The minimum absolute atomic E-state index is 0.168. The molecule has 3 nitrogen and oxygen atoms in total. The Bertz CT molecular complexity index is 445. The van der Waals surface area contributed by atoms with Gasteiger partial charge >= 0.3 is 0 Å². The summed E-state index contributed by atoms with van der Waals surface area (Å²) >= 11 is 3.25. The number of benzene rings is 1. The van der Waals surface area contributed by atoms with Crippen LogP contribution in [-0.4, -0.2) is 48.6 Å². The third kappa shape index (κ3) is 3.58. The van der Waals surface area contributed by atoms with Crippen LogP contribution >= 0.6 is 15.9 Å². The van der Waals surface area contributed by atoms with Crippen molar-refractivity contribution in [2.45, 2.75) is 25.9 Å². The Morgan fingerprint density at radius 1 is 1.20 bits per heavy atom. The van der Waals surface area contributed by atoms with Crippen LogP contribution in [-0.2, 0) is 0 Å². The maximum atomic E-state index is 13.3. The van der Waals surface area contributed by atoms with E-state index in [0.717, 1.165) is 31.7 Å². The molecule has 1 atom stereocenters. The lowest BCUT2D eigenvalue weighted by molar-refractivity contribution is 0.0802. The van der Waals surface area contributed by atoms with E-state index in [9.17, 15) is 4.39 Å². The van der Waals surface area contributed by atoms with Gasteiger partial charge in [0.2, 0.25) is 0 Å². The van der Waals surface area contributed by atoms with E-state index in [1.165, 1.54) is 6.07 Å². The molecule has 20 heavy (non-hydrogen) atoms. The quantitative estimate of drug-likeness (QED) is 0.911. The van der Waals surface area contributed by atoms with Gasteiger partial charge in [0, 0.05) is 44.8 Å². The number of rotatable bonds is 4. The van der Waals surface area contributed by atoms with Crippen molar-refractivity contribution in [3.05, 3.63) is 34.1 Å². The van der Waals surface area contributed by atoms with Crippen LogP contribution in [0, 0.1) is 5.82 Å². The predicted octanol–water partition coefficient (Wildman–Crippen LogP) is 2.61. The van der Waals surface area contributed by atoms with Gasteiger partial charge in [-0.1, -0.05) is 6.07 Å². The minimum Gasteiger partial charge on any atom is -0.329 e. The maximum absolute atomic E-state index is 13.3. The molecule has 0 amide bonds. The van der Waals surface area contributed by atoms with Crippen molar-refractivity contribution in [3.8, 4) is 0 Å². The van der Waals surface area contributed by atoms with Crippen molar-refractivity contribution >= 4 is 15.9 Å². The molecule has 0 bridgehead atoms. The molecule has 1 aromatic rings. The molecule has 1 unspecified atom stereocenters. The molecule has 0 saturated carbocycles. The van der Waals surface area contributed by atoms with Gasteiger partial charge in [-0.05, 0) is 47.5 Å². The monoisotopic (exact) mass is 343 g/mol. The maximum Gasteiger partial charge on any atom is 0.137 e. The Morgan fingerprint density at radius 2 is 1.80 bits per heavy atom. The molecule has 1 fully saturated rings. The molecule has 1 aromatic carbocycles. The Balaban J connectivity index is 2.07. The van der Waals surface area contributed by atoms with E-state index in [4.69, 9.17) is 5.73 Å². The molecule has 0 radical (unpaired) electrons. The molecule has 1 aliphatic rings. The number of hydrogen-bond acceptors (Lipinski definition) is 3. The molecule has 0 aliphatic carbocycles. The molecule has 5 heteroatoms. The smallest absolute Gasteiger partial charge is 0.137 e. The van der Waals surface area contributed by atoms with E-state index in [1.54, 1.807) is 0 Å². The zero-order chi connectivity index (χ0) is 14.7. The second-order valence-electron chi connectivity index (χ2n) is 5.59. The molecule has 2 rings (SSSR count). The lowest BCUT2D eigenvalue weighted by Gasteiger charge is -2.40. The zero-order valence-electron chi connectivity index (χ0n) is 12.1. The first-order chi connectivity index (χ1) is 9.52. The second kappa shape index (κ2) is 6.98. The molecular weight excluding hydrogens is 321 g/mol. The van der Waals surface area contributed by atoms with Crippen LogP contribution in [0.1, 0.15) is 25.5 Å². The average Bonchev–Trinajstić information content (AvgIpc) is 2.44. The average molecular weight is 344 g/mol. The van der Waals surface area contributed by atoms with Gasteiger partial charge in [0.15, 0.2) is 0 Å². The van der Waals surface area contributed by atoms with Crippen LogP contribution in [0.4, 0.5) is 4.39 Å². The summed E-state index contributed by atoms with van der Waals surface area (Å²) in [5, 5.41) is 0. The SMILES string of the molecule is CC(C)N1CCN(C(CN)c2ccc(F)c(Br)c2)CC1. The number of piperazine rings is 1. The standard InChI is InChI=1S/C15H23BrFN3/c1-11(2)19-5-7-20(8-6-19)15(10-18)12-3-4-14(17)13(16)9-12/h3-4,9,11,15H,5-8,10,18H2,1-2H3. The molecule has 112 valence electrons. The van der Waals surface area contributed by atoms with Crippen molar-refractivity contribution in [1.82, 2.24) is 9.80 Å². The Kier molecular flexibility index (Phi) is 5.55. The molecule has 0 spiro atoms. The van der Waals surface area contributed by atoms with E-state index in [-0.39, 0.29) is 11.9 Å². The third-order valence-electron chi connectivity index (χ3n) is 4.07. The number of halogens is 2. The summed E-state index contributed by atoms with van der Waals surface area (Å²) < 4.78 is 13.9. The summed E-state index contributed by atoms with van der Waals surface area (Å²) in [6.45, 7) is 9.16. The fourth-order valence-electron chi connectivity index (χ4n) is 2.78. The zero-order valence-corrected chi connectivity index (χ0v) is 13.7. The van der Waals surface area contributed by atoms with Crippen LogP contribution in [0.25, 0.3) is 0 Å². The largest absolute Gasteiger partial charge is 0.329 e. The van der Waals surface area contributed by atoms with Crippen molar-refractivity contribution in [1.29, 1.82) is 0 Å². The Morgan fingerprint density at radius 3 is 2.30 bits per heavy atom. The highest BCUT2D eigenvalue weighted by atomic mass is 79.9. The Hall–Kier alpha value is -0.490. The van der Waals surface area contributed by atoms with Gasteiger partial charge < -0.3 is 5.73 Å². The van der Waals surface area contributed by atoms with Gasteiger partial charge in [-0.15, -0.1) is 0 Å². The van der Waals surface area contributed by atoms with E-state index < -0.39 is 0 Å². The Labute approximate surface area is 129 Å². The lowest BCUT2D eigenvalue weighted by Crippen LogP contribution is -2.50. The number of hydrogen-bond donors (Lipinski definition) is 1. The highest BCUT2D eigenvalue weighted by molar-refractivity contribution is 9.10. The van der Waals surface area contributed by atoms with E-state index >= 15 is 0 Å². The van der Waals surface area contributed by atoms with Gasteiger partial charge in [0.25, 0.3) is 0 Å². The highest BCUT2D eigenvalue weighted by Crippen LogP contribution is 2.26. The van der Waals surface area contributed by atoms with Gasteiger partial charge in [0.1, 0.15) is 5.82 Å². The highest BCUT2D eigenvalue weighted by Gasteiger charge is 2.25. The van der Waals surface area contributed by atoms with Crippen molar-refractivity contribution in [2.24, 2.45) is 5.73 Å². The lowest BCUT2D eigenvalue weighted by atomic mass is 10.0. The van der Waals surface area contributed by atoms with Crippen LogP contribution in [0.15, 0.2) is 22.7 Å². The van der Waals surface area contributed by atoms with Crippen molar-refractivity contribution < 1.29 is 4.39 Å². The molecule has 1 heterocycles. The van der Waals surface area contributed by atoms with Crippen LogP contribution in [0.3, 0.4) is 0 Å². The van der Waals surface area contributed by atoms with Crippen molar-refractivity contribution in [3.63, 3.8) is 0 Å². The molecule has 0 aromatic heterocycles.